The summed E-state index contributed by atoms with van der Waals surface area (Å²) in [5, 5.41) is 1.87. The predicted molar refractivity (Wildman–Crippen MR) is 75.1 cm³/mol. The molecule has 0 aliphatic heterocycles. The summed E-state index contributed by atoms with van der Waals surface area (Å²) >= 11 is 23.4. The standard InChI is InChI=1S/C12H7Cl4NO/c13-8-1-9(14)3-10(2-8)18-6-7-5-17-12(16)4-11(7)15/h1-5H,6H2. The maximum absolute atomic E-state index is 6.00. The van der Waals surface area contributed by atoms with Gasteiger partial charge in [-0.3, -0.25) is 0 Å². The minimum atomic E-state index is 0.264. The first-order valence-corrected chi connectivity index (χ1v) is 6.44. The lowest BCUT2D eigenvalue weighted by Gasteiger charge is -2.08. The van der Waals surface area contributed by atoms with Gasteiger partial charge in [-0.25, -0.2) is 4.98 Å². The lowest BCUT2D eigenvalue weighted by molar-refractivity contribution is 0.306. The first-order valence-electron chi connectivity index (χ1n) is 4.93. The molecule has 2 aromatic rings. The molecule has 0 fully saturated rings. The van der Waals surface area contributed by atoms with E-state index in [2.05, 4.69) is 4.98 Å². The second kappa shape index (κ2) is 5.98. The summed E-state index contributed by atoms with van der Waals surface area (Å²) in [6.07, 6.45) is 1.57. The molecule has 0 unspecified atom stereocenters. The van der Waals surface area contributed by atoms with Gasteiger partial charge in [0.15, 0.2) is 0 Å². The van der Waals surface area contributed by atoms with Crippen molar-refractivity contribution in [2.45, 2.75) is 6.61 Å². The third-order valence-corrected chi connectivity index (χ3v) is 3.12. The maximum Gasteiger partial charge on any atom is 0.130 e. The molecule has 1 aromatic carbocycles. The van der Waals surface area contributed by atoms with E-state index >= 15 is 0 Å². The minimum Gasteiger partial charge on any atom is -0.489 e. The third-order valence-electron chi connectivity index (χ3n) is 2.13. The molecule has 0 atom stereocenters. The van der Waals surface area contributed by atoms with Gasteiger partial charge in [-0.05, 0) is 24.3 Å². The van der Waals surface area contributed by atoms with E-state index in [0.29, 0.717) is 26.0 Å². The SMILES string of the molecule is Clc1cc(Cl)cc(OCc2cnc(Cl)cc2Cl)c1. The van der Waals surface area contributed by atoms with E-state index in [9.17, 15) is 0 Å². The molecule has 0 bridgehead atoms. The lowest BCUT2D eigenvalue weighted by Crippen LogP contribution is -1.97. The molecule has 0 spiro atoms. The van der Waals surface area contributed by atoms with Crippen molar-refractivity contribution in [3.05, 3.63) is 56.2 Å². The summed E-state index contributed by atoms with van der Waals surface area (Å²) in [6.45, 7) is 0.264. The van der Waals surface area contributed by atoms with Crippen molar-refractivity contribution in [1.29, 1.82) is 0 Å². The van der Waals surface area contributed by atoms with E-state index in [1.807, 2.05) is 0 Å². The monoisotopic (exact) mass is 321 g/mol. The fourth-order valence-electron chi connectivity index (χ4n) is 1.31. The van der Waals surface area contributed by atoms with E-state index in [1.54, 1.807) is 30.5 Å². The zero-order valence-corrected chi connectivity index (χ0v) is 12.0. The number of rotatable bonds is 3. The molecule has 0 N–H and O–H groups in total. The van der Waals surface area contributed by atoms with Crippen molar-refractivity contribution in [3.8, 4) is 5.75 Å². The summed E-state index contributed by atoms with van der Waals surface area (Å²) in [5.41, 5.74) is 0.733. The Hall–Kier alpha value is -0.670. The zero-order chi connectivity index (χ0) is 13.1. The summed E-state index contributed by atoms with van der Waals surface area (Å²) in [4.78, 5) is 3.94. The normalized spacial score (nSPS) is 10.4. The van der Waals surface area contributed by atoms with Crippen LogP contribution < -0.4 is 4.74 Å². The van der Waals surface area contributed by atoms with E-state index in [1.165, 1.54) is 0 Å². The predicted octanol–water partition coefficient (Wildman–Crippen LogP) is 5.27. The van der Waals surface area contributed by atoms with Crippen molar-refractivity contribution >= 4 is 46.4 Å². The van der Waals surface area contributed by atoms with Crippen LogP contribution in [0.25, 0.3) is 0 Å². The van der Waals surface area contributed by atoms with Crippen LogP contribution in [0.2, 0.25) is 20.2 Å². The fourth-order valence-corrected chi connectivity index (χ4v) is 2.24. The Labute approximate surface area is 124 Å². The molecule has 1 heterocycles. The number of benzene rings is 1. The molecule has 1 aromatic heterocycles. The summed E-state index contributed by atoms with van der Waals surface area (Å²) in [6, 6.07) is 6.54. The van der Waals surface area contributed by atoms with Crippen molar-refractivity contribution < 1.29 is 4.74 Å². The molecule has 94 valence electrons. The Kier molecular flexibility index (Phi) is 4.57. The van der Waals surface area contributed by atoms with Gasteiger partial charge in [0.25, 0.3) is 0 Å². The van der Waals surface area contributed by atoms with Gasteiger partial charge in [-0.15, -0.1) is 0 Å². The topological polar surface area (TPSA) is 22.1 Å². The average Bonchev–Trinajstić information content (AvgIpc) is 2.26. The van der Waals surface area contributed by atoms with Crippen molar-refractivity contribution in [2.75, 3.05) is 0 Å². The third kappa shape index (κ3) is 3.66. The second-order valence-corrected chi connectivity index (χ2v) is 5.16. The molecule has 0 saturated carbocycles. The Morgan fingerprint density at radius 2 is 1.61 bits per heavy atom. The number of ether oxygens (including phenoxy) is 1. The lowest BCUT2D eigenvalue weighted by atomic mass is 10.3. The number of hydrogen-bond acceptors (Lipinski definition) is 2. The quantitative estimate of drug-likeness (QED) is 0.718. The molecular weight excluding hydrogens is 316 g/mol. The summed E-state index contributed by atoms with van der Waals surface area (Å²) in [7, 11) is 0. The van der Waals surface area contributed by atoms with Crippen LogP contribution in [0.15, 0.2) is 30.5 Å². The van der Waals surface area contributed by atoms with E-state index in [-0.39, 0.29) is 6.61 Å². The minimum absolute atomic E-state index is 0.264. The van der Waals surface area contributed by atoms with Crippen molar-refractivity contribution in [3.63, 3.8) is 0 Å². The van der Waals surface area contributed by atoms with Crippen LogP contribution >= 0.6 is 46.4 Å². The average molecular weight is 323 g/mol. The van der Waals surface area contributed by atoms with Crippen LogP contribution in [0, 0.1) is 0 Å². The van der Waals surface area contributed by atoms with Gasteiger partial charge in [0.2, 0.25) is 0 Å². The number of halogens is 4. The van der Waals surface area contributed by atoms with Crippen molar-refractivity contribution in [2.24, 2.45) is 0 Å². The van der Waals surface area contributed by atoms with E-state index in [4.69, 9.17) is 51.1 Å². The van der Waals surface area contributed by atoms with Crippen LogP contribution in [0.3, 0.4) is 0 Å². The van der Waals surface area contributed by atoms with Gasteiger partial charge in [0, 0.05) is 21.8 Å². The highest BCUT2D eigenvalue weighted by atomic mass is 35.5. The number of hydrogen-bond donors (Lipinski definition) is 0. The summed E-state index contributed by atoms with van der Waals surface area (Å²) in [5.74, 6) is 0.568. The summed E-state index contributed by atoms with van der Waals surface area (Å²) < 4.78 is 5.54. The highest BCUT2D eigenvalue weighted by Crippen LogP contribution is 2.26. The second-order valence-electron chi connectivity index (χ2n) is 3.49. The molecule has 0 amide bonds. The van der Waals surface area contributed by atoms with Crippen LogP contribution in [0.4, 0.5) is 0 Å². The largest absolute Gasteiger partial charge is 0.489 e. The molecule has 2 nitrogen and oxygen atoms in total. The van der Waals surface area contributed by atoms with Crippen molar-refractivity contribution in [1.82, 2.24) is 4.98 Å². The number of aromatic nitrogens is 1. The molecule has 0 radical (unpaired) electrons. The number of nitrogens with zero attached hydrogens (tertiary/aromatic N) is 1. The highest BCUT2D eigenvalue weighted by Gasteiger charge is 2.05. The first-order chi connectivity index (χ1) is 8.54. The molecule has 0 aliphatic carbocycles. The molecule has 0 saturated heterocycles. The molecule has 2 rings (SSSR count). The van der Waals surface area contributed by atoms with E-state index in [0.717, 1.165) is 5.56 Å². The molecule has 0 aliphatic rings. The fraction of sp³-hybridized carbons (Fsp3) is 0.0833. The Morgan fingerprint density at radius 1 is 0.944 bits per heavy atom. The Morgan fingerprint density at radius 3 is 2.22 bits per heavy atom. The van der Waals surface area contributed by atoms with Gasteiger partial charge in [-0.2, -0.15) is 0 Å². The van der Waals surface area contributed by atoms with Gasteiger partial charge >= 0.3 is 0 Å². The van der Waals surface area contributed by atoms with Gasteiger partial charge in [0.05, 0.1) is 5.02 Å². The van der Waals surface area contributed by atoms with Gasteiger partial charge in [-0.1, -0.05) is 46.4 Å². The van der Waals surface area contributed by atoms with Crippen LogP contribution in [-0.4, -0.2) is 4.98 Å². The zero-order valence-electron chi connectivity index (χ0n) is 8.96. The van der Waals surface area contributed by atoms with Crippen LogP contribution in [0.1, 0.15) is 5.56 Å². The number of pyridine rings is 1. The molecule has 6 heteroatoms. The van der Waals surface area contributed by atoms with Crippen LogP contribution in [-0.2, 0) is 6.61 Å². The van der Waals surface area contributed by atoms with Crippen LogP contribution in [0.5, 0.6) is 5.75 Å². The molecular formula is C12H7Cl4NO. The maximum atomic E-state index is 6.00. The Bertz CT molecular complexity index is 554. The van der Waals surface area contributed by atoms with E-state index < -0.39 is 0 Å². The highest BCUT2D eigenvalue weighted by molar-refractivity contribution is 6.35. The van der Waals surface area contributed by atoms with Gasteiger partial charge in [0.1, 0.15) is 17.5 Å². The Balaban J connectivity index is 2.11. The molecule has 18 heavy (non-hydrogen) atoms. The first kappa shape index (κ1) is 13.8. The van der Waals surface area contributed by atoms with Gasteiger partial charge < -0.3 is 4.74 Å². The smallest absolute Gasteiger partial charge is 0.130 e.